The minimum atomic E-state index is -4.56. The summed E-state index contributed by atoms with van der Waals surface area (Å²) >= 11 is 0. The number of amides is 1. The quantitative estimate of drug-likeness (QED) is 0.645. The number of halogens is 3. The Balaban J connectivity index is 1.73. The summed E-state index contributed by atoms with van der Waals surface area (Å²) in [5, 5.41) is 5.41. The first-order valence-electron chi connectivity index (χ1n) is 8.10. The minimum absolute atomic E-state index is 0.0155. The van der Waals surface area contributed by atoms with E-state index in [0.29, 0.717) is 5.69 Å². The molecule has 0 aliphatic heterocycles. The second kappa shape index (κ2) is 7.49. The van der Waals surface area contributed by atoms with Gasteiger partial charge in [0.1, 0.15) is 5.69 Å². The first-order chi connectivity index (χ1) is 12.8. The predicted molar refractivity (Wildman–Crippen MR) is 98.1 cm³/mol. The average molecular weight is 371 g/mol. The van der Waals surface area contributed by atoms with Gasteiger partial charge in [0.15, 0.2) is 0 Å². The molecular weight excluding hydrogens is 355 g/mol. The van der Waals surface area contributed by atoms with Crippen molar-refractivity contribution in [3.63, 3.8) is 0 Å². The zero-order chi connectivity index (χ0) is 19.4. The lowest BCUT2D eigenvalue weighted by molar-refractivity contribution is -0.136. The third kappa shape index (κ3) is 4.63. The SMILES string of the molecule is Cc1cccc(Nc2ccc(C(=O)Nc3ccccc3C(F)(F)F)nc2)c1. The van der Waals surface area contributed by atoms with E-state index in [0.717, 1.165) is 17.3 Å². The maximum Gasteiger partial charge on any atom is 0.418 e. The zero-order valence-electron chi connectivity index (χ0n) is 14.3. The molecule has 0 aliphatic rings. The van der Waals surface area contributed by atoms with Crippen molar-refractivity contribution in [1.29, 1.82) is 0 Å². The van der Waals surface area contributed by atoms with Crippen LogP contribution in [0.25, 0.3) is 0 Å². The molecule has 2 N–H and O–H groups in total. The molecule has 0 radical (unpaired) electrons. The third-order valence-corrected chi connectivity index (χ3v) is 3.78. The molecule has 0 unspecified atom stereocenters. The summed E-state index contributed by atoms with van der Waals surface area (Å²) in [5.41, 5.74) is 1.42. The van der Waals surface area contributed by atoms with Crippen LogP contribution >= 0.6 is 0 Å². The van der Waals surface area contributed by atoms with Crippen LogP contribution in [-0.4, -0.2) is 10.9 Å². The summed E-state index contributed by atoms with van der Waals surface area (Å²) < 4.78 is 39.0. The highest BCUT2D eigenvalue weighted by Gasteiger charge is 2.33. The van der Waals surface area contributed by atoms with Gasteiger partial charge in [-0.1, -0.05) is 24.3 Å². The van der Waals surface area contributed by atoms with E-state index in [9.17, 15) is 18.0 Å². The van der Waals surface area contributed by atoms with E-state index < -0.39 is 17.6 Å². The van der Waals surface area contributed by atoms with Crippen molar-refractivity contribution in [2.24, 2.45) is 0 Å². The molecule has 1 heterocycles. The molecule has 0 fully saturated rings. The maximum absolute atomic E-state index is 13.0. The number of carbonyl (C=O) groups is 1. The van der Waals surface area contributed by atoms with Crippen molar-refractivity contribution < 1.29 is 18.0 Å². The fourth-order valence-corrected chi connectivity index (χ4v) is 2.52. The van der Waals surface area contributed by atoms with Crippen LogP contribution in [0.2, 0.25) is 0 Å². The summed E-state index contributed by atoms with van der Waals surface area (Å²) in [5.74, 6) is -0.714. The lowest BCUT2D eigenvalue weighted by Gasteiger charge is -2.13. The highest BCUT2D eigenvalue weighted by atomic mass is 19.4. The number of hydrogen-bond donors (Lipinski definition) is 2. The van der Waals surface area contributed by atoms with Gasteiger partial charge in [-0.25, -0.2) is 4.98 Å². The van der Waals surface area contributed by atoms with Gasteiger partial charge >= 0.3 is 6.18 Å². The average Bonchev–Trinajstić information content (AvgIpc) is 2.62. The first-order valence-corrected chi connectivity index (χ1v) is 8.10. The molecule has 0 bridgehead atoms. The topological polar surface area (TPSA) is 54.0 Å². The molecule has 3 aromatic rings. The van der Waals surface area contributed by atoms with E-state index in [1.807, 2.05) is 31.2 Å². The molecule has 7 heteroatoms. The van der Waals surface area contributed by atoms with Crippen LogP contribution in [0.15, 0.2) is 66.9 Å². The molecule has 27 heavy (non-hydrogen) atoms. The van der Waals surface area contributed by atoms with Gasteiger partial charge in [-0.15, -0.1) is 0 Å². The largest absolute Gasteiger partial charge is 0.418 e. The van der Waals surface area contributed by atoms with Crippen molar-refractivity contribution in [3.8, 4) is 0 Å². The summed E-state index contributed by atoms with van der Waals surface area (Å²) in [6, 6.07) is 15.6. The number of rotatable bonds is 4. The highest BCUT2D eigenvalue weighted by molar-refractivity contribution is 6.03. The smallest absolute Gasteiger partial charge is 0.354 e. The second-order valence-electron chi connectivity index (χ2n) is 5.92. The fraction of sp³-hybridized carbons (Fsp3) is 0.100. The number of nitrogens with one attached hydrogen (secondary N) is 2. The minimum Gasteiger partial charge on any atom is -0.354 e. The standard InChI is InChI=1S/C20H16F3N3O/c1-13-5-4-6-14(11-13)25-15-9-10-18(24-12-15)19(27)26-17-8-3-2-7-16(17)20(21,22)23/h2-12,25H,1H3,(H,26,27). The Kier molecular flexibility index (Phi) is 5.12. The van der Waals surface area contributed by atoms with Crippen LogP contribution in [0.3, 0.4) is 0 Å². The van der Waals surface area contributed by atoms with Gasteiger partial charge in [-0.3, -0.25) is 4.79 Å². The van der Waals surface area contributed by atoms with Gasteiger partial charge in [0.05, 0.1) is 23.1 Å². The van der Waals surface area contributed by atoms with Crippen LogP contribution in [0, 0.1) is 6.92 Å². The third-order valence-electron chi connectivity index (χ3n) is 3.78. The second-order valence-corrected chi connectivity index (χ2v) is 5.92. The van der Waals surface area contributed by atoms with E-state index >= 15 is 0 Å². The Bertz CT molecular complexity index is 953. The van der Waals surface area contributed by atoms with E-state index in [2.05, 4.69) is 15.6 Å². The van der Waals surface area contributed by atoms with E-state index in [1.54, 1.807) is 6.07 Å². The molecule has 0 saturated carbocycles. The van der Waals surface area contributed by atoms with Gasteiger partial charge in [0, 0.05) is 5.69 Å². The van der Waals surface area contributed by atoms with Crippen molar-refractivity contribution >= 4 is 23.0 Å². The van der Waals surface area contributed by atoms with Crippen molar-refractivity contribution in [1.82, 2.24) is 4.98 Å². The Morgan fingerprint density at radius 1 is 0.963 bits per heavy atom. The molecular formula is C20H16F3N3O. The van der Waals surface area contributed by atoms with Crippen molar-refractivity contribution in [2.45, 2.75) is 13.1 Å². The van der Waals surface area contributed by atoms with Crippen LogP contribution in [0.4, 0.5) is 30.2 Å². The molecule has 0 spiro atoms. The van der Waals surface area contributed by atoms with E-state index in [-0.39, 0.29) is 11.4 Å². The number of anilines is 3. The Hall–Kier alpha value is -3.35. The maximum atomic E-state index is 13.0. The van der Waals surface area contributed by atoms with E-state index in [1.165, 1.54) is 30.5 Å². The van der Waals surface area contributed by atoms with Crippen LogP contribution in [0.1, 0.15) is 21.6 Å². The van der Waals surface area contributed by atoms with Crippen LogP contribution in [0.5, 0.6) is 0 Å². The molecule has 0 saturated heterocycles. The number of alkyl halides is 3. The number of para-hydroxylation sites is 1. The number of aromatic nitrogens is 1. The summed E-state index contributed by atoms with van der Waals surface area (Å²) in [6.07, 6.45) is -3.11. The Morgan fingerprint density at radius 2 is 1.74 bits per heavy atom. The highest BCUT2D eigenvalue weighted by Crippen LogP contribution is 2.34. The van der Waals surface area contributed by atoms with E-state index in [4.69, 9.17) is 0 Å². The summed E-state index contributed by atoms with van der Waals surface area (Å²) in [6.45, 7) is 1.97. The molecule has 138 valence electrons. The molecule has 2 aromatic carbocycles. The monoisotopic (exact) mass is 371 g/mol. The van der Waals surface area contributed by atoms with Gasteiger partial charge in [0.2, 0.25) is 0 Å². The number of nitrogens with zero attached hydrogens (tertiary/aromatic N) is 1. The van der Waals surface area contributed by atoms with Crippen LogP contribution in [-0.2, 0) is 6.18 Å². The van der Waals surface area contributed by atoms with Gasteiger partial charge < -0.3 is 10.6 Å². The number of aryl methyl sites for hydroxylation is 1. The molecule has 1 aromatic heterocycles. The lowest BCUT2D eigenvalue weighted by Crippen LogP contribution is -2.17. The van der Waals surface area contributed by atoms with Gasteiger partial charge in [-0.05, 0) is 48.9 Å². The number of benzene rings is 2. The van der Waals surface area contributed by atoms with Crippen molar-refractivity contribution in [2.75, 3.05) is 10.6 Å². The zero-order valence-corrected chi connectivity index (χ0v) is 14.3. The normalized spacial score (nSPS) is 11.1. The van der Waals surface area contributed by atoms with Gasteiger partial charge in [0.25, 0.3) is 5.91 Å². The fourth-order valence-electron chi connectivity index (χ4n) is 2.52. The number of carbonyl (C=O) groups excluding carboxylic acids is 1. The molecule has 0 atom stereocenters. The lowest BCUT2D eigenvalue weighted by atomic mass is 10.1. The first kappa shape index (κ1) is 18.4. The summed E-state index contributed by atoms with van der Waals surface area (Å²) in [4.78, 5) is 16.3. The number of pyridine rings is 1. The molecule has 4 nitrogen and oxygen atoms in total. The Morgan fingerprint density at radius 3 is 2.41 bits per heavy atom. The van der Waals surface area contributed by atoms with Crippen LogP contribution < -0.4 is 10.6 Å². The summed E-state index contributed by atoms with van der Waals surface area (Å²) in [7, 11) is 0. The predicted octanol–water partition coefficient (Wildman–Crippen LogP) is 5.40. The Labute approximate surface area is 154 Å². The molecule has 1 amide bonds. The number of hydrogen-bond acceptors (Lipinski definition) is 3. The van der Waals surface area contributed by atoms with Gasteiger partial charge in [-0.2, -0.15) is 13.2 Å². The molecule has 3 rings (SSSR count). The molecule has 0 aliphatic carbocycles. The van der Waals surface area contributed by atoms with Crippen molar-refractivity contribution in [3.05, 3.63) is 83.7 Å².